The quantitative estimate of drug-likeness (QED) is 0.328. The lowest BCUT2D eigenvalue weighted by molar-refractivity contribution is -0.232. The third-order valence-corrected chi connectivity index (χ3v) is 5.38. The first-order valence-electron chi connectivity index (χ1n) is 8.85. The lowest BCUT2D eigenvalue weighted by atomic mass is 9.80. The number of fused-ring (bicyclic) bond motifs is 2. The van der Waals surface area contributed by atoms with Crippen molar-refractivity contribution in [2.75, 3.05) is 6.61 Å². The van der Waals surface area contributed by atoms with Crippen LogP contribution in [0.5, 0.6) is 11.5 Å². The predicted octanol–water partition coefficient (Wildman–Crippen LogP) is -0.612. The fraction of sp³-hybridized carbons (Fsp3) is 0.300. The molecule has 1 aliphatic carbocycles. The van der Waals surface area contributed by atoms with Crippen molar-refractivity contribution in [3.63, 3.8) is 0 Å². The summed E-state index contributed by atoms with van der Waals surface area (Å²) in [5, 5.41) is 60.8. The first-order valence-corrected chi connectivity index (χ1v) is 8.85. The third-order valence-electron chi connectivity index (χ3n) is 5.38. The van der Waals surface area contributed by atoms with Crippen LogP contribution in [0.4, 0.5) is 0 Å². The SMILES string of the molecule is O=C1c2ccccc2C(=O)c2c1cc(O)c(C1O[C@H](CO)[C@@H](O)[C@H](O)[C@H]1O)c2O. The summed E-state index contributed by atoms with van der Waals surface area (Å²) in [5.74, 6) is -2.65. The van der Waals surface area contributed by atoms with Gasteiger partial charge < -0.3 is 35.4 Å². The van der Waals surface area contributed by atoms with Crippen molar-refractivity contribution in [2.24, 2.45) is 0 Å². The number of ketones is 2. The molecule has 0 saturated carbocycles. The summed E-state index contributed by atoms with van der Waals surface area (Å²) in [4.78, 5) is 25.7. The highest BCUT2D eigenvalue weighted by molar-refractivity contribution is 6.29. The van der Waals surface area contributed by atoms with Gasteiger partial charge in [-0.1, -0.05) is 24.3 Å². The van der Waals surface area contributed by atoms with Crippen molar-refractivity contribution in [1.29, 1.82) is 0 Å². The summed E-state index contributed by atoms with van der Waals surface area (Å²) in [6.07, 6.45) is -8.03. The smallest absolute Gasteiger partial charge is 0.198 e. The molecule has 1 saturated heterocycles. The fourth-order valence-electron chi connectivity index (χ4n) is 3.86. The summed E-state index contributed by atoms with van der Waals surface area (Å²) in [6, 6.07) is 7.01. The van der Waals surface area contributed by atoms with Crippen molar-refractivity contribution in [2.45, 2.75) is 30.5 Å². The van der Waals surface area contributed by atoms with E-state index in [9.17, 15) is 40.2 Å². The van der Waals surface area contributed by atoms with Crippen molar-refractivity contribution >= 4 is 11.6 Å². The highest BCUT2D eigenvalue weighted by Crippen LogP contribution is 2.46. The number of aromatic hydroxyl groups is 2. The molecule has 2 aromatic rings. The van der Waals surface area contributed by atoms with Crippen LogP contribution in [0, 0.1) is 0 Å². The standard InChI is InChI=1S/C20H18O9/c21-6-11-16(25)18(27)19(28)20(29-11)13-10(22)5-9-12(17(13)26)15(24)8-4-2-1-3-7(8)14(9)23/h1-5,11,16,18-22,25-28H,6H2/t11-,16-,18+,19-,20?/m1/s1. The molecule has 9 nitrogen and oxygen atoms in total. The Morgan fingerprint density at radius 1 is 0.862 bits per heavy atom. The van der Waals surface area contributed by atoms with Gasteiger partial charge in [0.05, 0.1) is 17.7 Å². The van der Waals surface area contributed by atoms with Gasteiger partial charge in [-0.2, -0.15) is 0 Å². The zero-order valence-electron chi connectivity index (χ0n) is 14.9. The van der Waals surface area contributed by atoms with Crippen LogP contribution in [0.3, 0.4) is 0 Å². The number of hydrogen-bond acceptors (Lipinski definition) is 9. The molecule has 6 N–H and O–H groups in total. The van der Waals surface area contributed by atoms with E-state index in [0.29, 0.717) is 0 Å². The number of phenols is 2. The van der Waals surface area contributed by atoms with E-state index in [2.05, 4.69) is 0 Å². The van der Waals surface area contributed by atoms with Gasteiger partial charge in [-0.3, -0.25) is 9.59 Å². The van der Waals surface area contributed by atoms with Crippen molar-refractivity contribution < 1.29 is 45.0 Å². The Balaban J connectivity index is 1.88. The van der Waals surface area contributed by atoms with Gasteiger partial charge >= 0.3 is 0 Å². The van der Waals surface area contributed by atoms with E-state index >= 15 is 0 Å². The van der Waals surface area contributed by atoms with E-state index < -0.39 is 65.8 Å². The highest BCUT2D eigenvalue weighted by atomic mass is 16.5. The molecule has 1 unspecified atom stereocenters. The molecule has 0 amide bonds. The summed E-state index contributed by atoms with van der Waals surface area (Å²) in [6.45, 7) is -0.710. The minimum Gasteiger partial charge on any atom is -0.507 e. The van der Waals surface area contributed by atoms with E-state index in [0.717, 1.165) is 6.07 Å². The van der Waals surface area contributed by atoms with Crippen molar-refractivity contribution in [3.8, 4) is 11.5 Å². The zero-order valence-corrected chi connectivity index (χ0v) is 14.9. The van der Waals surface area contributed by atoms with Gasteiger partial charge in [0.15, 0.2) is 11.6 Å². The van der Waals surface area contributed by atoms with Gasteiger partial charge in [0.25, 0.3) is 0 Å². The molecule has 0 spiro atoms. The Morgan fingerprint density at radius 3 is 2.10 bits per heavy atom. The number of hydrogen-bond donors (Lipinski definition) is 6. The summed E-state index contributed by atoms with van der Waals surface area (Å²) in [5.41, 5.74) is -0.799. The number of phenolic OH excluding ortho intramolecular Hbond substituents is 2. The van der Waals surface area contributed by atoms with E-state index in [1.54, 1.807) is 12.1 Å². The molecule has 1 aliphatic heterocycles. The van der Waals surface area contributed by atoms with Gasteiger partial charge in [-0.25, -0.2) is 0 Å². The molecule has 0 aromatic heterocycles. The molecule has 0 bridgehead atoms. The Hall–Kier alpha value is -2.82. The second-order valence-corrected chi connectivity index (χ2v) is 7.03. The van der Waals surface area contributed by atoms with E-state index in [4.69, 9.17) is 4.74 Å². The van der Waals surface area contributed by atoms with Crippen LogP contribution in [-0.4, -0.2) is 73.2 Å². The van der Waals surface area contributed by atoms with Crippen molar-refractivity contribution in [3.05, 3.63) is 58.1 Å². The molecular formula is C20H18O9. The molecule has 2 aliphatic rings. The lowest BCUT2D eigenvalue weighted by Gasteiger charge is -2.40. The number of benzene rings is 2. The molecular weight excluding hydrogens is 384 g/mol. The molecule has 29 heavy (non-hydrogen) atoms. The molecule has 5 atom stereocenters. The number of rotatable bonds is 2. The first-order chi connectivity index (χ1) is 13.8. The number of carbonyl (C=O) groups excluding carboxylic acids is 2. The van der Waals surface area contributed by atoms with E-state index in [1.807, 2.05) is 0 Å². The Morgan fingerprint density at radius 2 is 1.48 bits per heavy atom. The summed E-state index contributed by atoms with van der Waals surface area (Å²) in [7, 11) is 0. The third kappa shape index (κ3) is 2.75. The van der Waals surface area contributed by atoms with Crippen molar-refractivity contribution in [1.82, 2.24) is 0 Å². The summed E-state index contributed by atoms with van der Waals surface area (Å²) >= 11 is 0. The normalized spacial score (nSPS) is 28.8. The highest BCUT2D eigenvalue weighted by Gasteiger charge is 2.47. The fourth-order valence-corrected chi connectivity index (χ4v) is 3.86. The number of carbonyl (C=O) groups is 2. The maximum absolute atomic E-state index is 12.9. The van der Waals surface area contributed by atoms with Crippen LogP contribution < -0.4 is 0 Å². The first kappa shape index (κ1) is 19.5. The van der Waals surface area contributed by atoms with Gasteiger partial charge in [0.1, 0.15) is 42.0 Å². The number of aliphatic hydroxyl groups excluding tert-OH is 4. The second-order valence-electron chi connectivity index (χ2n) is 7.03. The maximum Gasteiger partial charge on any atom is 0.198 e. The molecule has 4 rings (SSSR count). The van der Waals surface area contributed by atoms with Gasteiger partial charge in [-0.15, -0.1) is 0 Å². The molecule has 9 heteroatoms. The molecule has 1 heterocycles. The van der Waals surface area contributed by atoms with Crippen LogP contribution in [0.15, 0.2) is 30.3 Å². The van der Waals surface area contributed by atoms with Crippen LogP contribution in [-0.2, 0) is 4.74 Å². The minimum atomic E-state index is -1.79. The Labute approximate surface area is 164 Å². The Bertz CT molecular complexity index is 1010. The number of aliphatic hydroxyl groups is 4. The van der Waals surface area contributed by atoms with Crippen LogP contribution in [0.1, 0.15) is 43.5 Å². The second kappa shape index (κ2) is 6.90. The minimum absolute atomic E-state index is 0.0748. The largest absolute Gasteiger partial charge is 0.507 e. The van der Waals surface area contributed by atoms with Crippen LogP contribution >= 0.6 is 0 Å². The van der Waals surface area contributed by atoms with Gasteiger partial charge in [0, 0.05) is 16.7 Å². The molecule has 1 fully saturated rings. The van der Waals surface area contributed by atoms with E-state index in [-0.39, 0.29) is 22.3 Å². The average Bonchev–Trinajstić information content (AvgIpc) is 2.71. The number of ether oxygens (including phenoxy) is 1. The van der Waals surface area contributed by atoms with Crippen LogP contribution in [0.2, 0.25) is 0 Å². The zero-order chi connectivity index (χ0) is 21.0. The summed E-state index contributed by atoms with van der Waals surface area (Å²) < 4.78 is 5.37. The van der Waals surface area contributed by atoms with Gasteiger partial charge in [-0.05, 0) is 6.07 Å². The van der Waals surface area contributed by atoms with Crippen LogP contribution in [0.25, 0.3) is 0 Å². The molecule has 0 radical (unpaired) electrons. The average molecular weight is 402 g/mol. The molecule has 2 aromatic carbocycles. The monoisotopic (exact) mass is 402 g/mol. The van der Waals surface area contributed by atoms with E-state index in [1.165, 1.54) is 12.1 Å². The lowest BCUT2D eigenvalue weighted by Crippen LogP contribution is -2.55. The van der Waals surface area contributed by atoms with Gasteiger partial charge in [0.2, 0.25) is 0 Å². The predicted molar refractivity (Wildman–Crippen MR) is 95.8 cm³/mol. The Kier molecular flexibility index (Phi) is 4.64. The topological polar surface area (TPSA) is 165 Å². The maximum atomic E-state index is 12.9. The molecule has 152 valence electrons.